The summed E-state index contributed by atoms with van der Waals surface area (Å²) in [4.78, 5) is 68.9. The monoisotopic (exact) mass is 779 g/mol. The van der Waals surface area contributed by atoms with Crippen LogP contribution < -0.4 is 15.9 Å². The van der Waals surface area contributed by atoms with E-state index in [4.69, 9.17) is 9.47 Å². The zero-order valence-corrected chi connectivity index (χ0v) is 32.6. The van der Waals surface area contributed by atoms with E-state index in [1.54, 1.807) is 32.1 Å². The van der Waals surface area contributed by atoms with E-state index in [1.165, 1.54) is 39.9 Å². The molecule has 1 aliphatic carbocycles. The van der Waals surface area contributed by atoms with E-state index >= 15 is 0 Å². The van der Waals surface area contributed by atoms with Crippen LogP contribution in [-0.4, -0.2) is 96.5 Å². The summed E-state index contributed by atoms with van der Waals surface area (Å²) in [5.74, 6) is 5.28. The maximum Gasteiger partial charge on any atom is 0.406 e. The number of H-pyrrole nitrogens is 1. The molecule has 12 nitrogen and oxygen atoms in total. The van der Waals surface area contributed by atoms with E-state index in [2.05, 4.69) is 16.8 Å². The second-order valence-corrected chi connectivity index (χ2v) is 13.0. The number of rotatable bonds is 15. The predicted octanol–water partition coefficient (Wildman–Crippen LogP) is 4.99. The third-order valence-electron chi connectivity index (χ3n) is 8.47. The van der Waals surface area contributed by atoms with Gasteiger partial charge in [-0.2, -0.15) is 13.2 Å². The van der Waals surface area contributed by atoms with Crippen LogP contribution in [0.15, 0.2) is 82.2 Å². The lowest BCUT2D eigenvalue weighted by Gasteiger charge is -2.32. The molecule has 56 heavy (non-hydrogen) atoms. The number of hydrogen-bond donors (Lipinski definition) is 1. The van der Waals surface area contributed by atoms with Crippen molar-refractivity contribution >= 4 is 23.8 Å². The van der Waals surface area contributed by atoms with Gasteiger partial charge in [-0.3, -0.25) is 24.0 Å². The SMILES string of the molecule is CC.C[C@H](c1ccc(C#CC2CC2)cc1)N(C)/C(=C\C(=C/C=O)OCC(=O)N(C)CC(F)(F)F)c1cc(OCC(=O)N(C)C)cc(=O)n1Cc1cc[nH]c(=O)c1. The number of halogens is 3. The average molecular weight is 780 g/mol. The maximum atomic E-state index is 13.9. The number of hydrogen-bond acceptors (Lipinski definition) is 8. The first kappa shape index (κ1) is 44.4. The topological polar surface area (TPSA) is 134 Å². The van der Waals surface area contributed by atoms with Crippen molar-refractivity contribution in [2.24, 2.45) is 5.92 Å². The number of aromatic amines is 1. The van der Waals surface area contributed by atoms with Gasteiger partial charge in [-0.05, 0) is 49.1 Å². The summed E-state index contributed by atoms with van der Waals surface area (Å²) in [5, 5.41) is 0. The van der Waals surface area contributed by atoms with Gasteiger partial charge in [0.05, 0.1) is 24.0 Å². The van der Waals surface area contributed by atoms with Crippen LogP contribution in [0.1, 0.15) is 62.0 Å². The van der Waals surface area contributed by atoms with Crippen molar-refractivity contribution in [3.63, 3.8) is 0 Å². The van der Waals surface area contributed by atoms with Crippen LogP contribution in [0.2, 0.25) is 0 Å². The van der Waals surface area contributed by atoms with E-state index in [0.717, 1.165) is 37.1 Å². The number of carbonyl (C=O) groups is 3. The van der Waals surface area contributed by atoms with E-state index in [0.29, 0.717) is 22.7 Å². The lowest BCUT2D eigenvalue weighted by Crippen LogP contribution is -2.37. The Labute approximate surface area is 324 Å². The Hall–Kier alpha value is -6.04. The molecule has 1 N–H and O–H groups in total. The number of alkyl halides is 3. The van der Waals surface area contributed by atoms with Crippen molar-refractivity contribution in [1.29, 1.82) is 0 Å². The average Bonchev–Trinajstić information content (AvgIpc) is 3.99. The number of ether oxygens (including phenoxy) is 2. The number of nitrogens with zero attached hydrogens (tertiary/aromatic N) is 4. The molecular weight excluding hydrogens is 731 g/mol. The summed E-state index contributed by atoms with van der Waals surface area (Å²) >= 11 is 0. The summed E-state index contributed by atoms with van der Waals surface area (Å²) in [5.41, 5.74) is 1.60. The Bertz CT molecular complexity index is 2070. The molecule has 1 fully saturated rings. The zero-order chi connectivity index (χ0) is 41.6. The molecule has 0 bridgehead atoms. The van der Waals surface area contributed by atoms with Crippen LogP contribution in [0.4, 0.5) is 13.2 Å². The number of carbonyl (C=O) groups excluding carboxylic acids is 3. The van der Waals surface area contributed by atoms with Crippen molar-refractivity contribution in [3.05, 3.63) is 116 Å². The molecule has 0 aliphatic heterocycles. The number of amides is 2. The fourth-order valence-electron chi connectivity index (χ4n) is 5.07. The van der Waals surface area contributed by atoms with Crippen molar-refractivity contribution in [2.75, 3.05) is 47.9 Å². The molecule has 0 saturated heterocycles. The van der Waals surface area contributed by atoms with Gasteiger partial charge in [-0.25, -0.2) is 0 Å². The summed E-state index contributed by atoms with van der Waals surface area (Å²) < 4.78 is 51.6. The van der Waals surface area contributed by atoms with Crippen LogP contribution in [0.3, 0.4) is 0 Å². The fraction of sp³-hybridized carbons (Fsp3) is 0.390. The van der Waals surface area contributed by atoms with E-state index in [1.807, 2.05) is 45.0 Å². The van der Waals surface area contributed by atoms with Gasteiger partial charge in [0.2, 0.25) is 5.56 Å². The highest BCUT2D eigenvalue weighted by Gasteiger charge is 2.31. The van der Waals surface area contributed by atoms with Gasteiger partial charge in [-0.15, -0.1) is 0 Å². The van der Waals surface area contributed by atoms with Crippen molar-refractivity contribution in [3.8, 4) is 17.6 Å². The van der Waals surface area contributed by atoms with Crippen LogP contribution in [0, 0.1) is 17.8 Å². The molecule has 2 amide bonds. The Balaban J connectivity index is 0.00000414. The summed E-state index contributed by atoms with van der Waals surface area (Å²) in [6.45, 7) is 3.04. The molecule has 1 saturated carbocycles. The van der Waals surface area contributed by atoms with E-state index in [-0.39, 0.29) is 35.4 Å². The highest BCUT2D eigenvalue weighted by Crippen LogP contribution is 2.32. The zero-order valence-electron chi connectivity index (χ0n) is 32.6. The highest BCUT2D eigenvalue weighted by atomic mass is 19.4. The molecular formula is C41H48F3N5O7. The molecule has 0 radical (unpaired) electrons. The molecule has 300 valence electrons. The standard InChI is InChI=1S/C39H42F3N5O7.C2H6/c1-26(30-12-10-28(11-13-30)9-8-27-6-7-27)46(5)33(19-31(15-17-48)53-24-38(52)45(4)25-39(40,41)42)34-20-32(54-23-37(51)44(2)3)21-36(50)47(34)22-29-14-16-43-35(49)18-29;1-2/h10-21,26-27H,6-7,22-25H2,1-5H3,(H,43,49);1-2H3/b31-15+,33-19-;/t26-;/m1./s1. The second-order valence-electron chi connectivity index (χ2n) is 13.0. The molecule has 0 unspecified atom stereocenters. The number of likely N-dealkylation sites (N-methyl/N-ethyl adjacent to an activating group) is 2. The number of pyridine rings is 2. The molecule has 2 heterocycles. The molecule has 15 heteroatoms. The largest absolute Gasteiger partial charge is 0.484 e. The Kier molecular flexibility index (Phi) is 16.3. The first-order valence-corrected chi connectivity index (χ1v) is 18.0. The van der Waals surface area contributed by atoms with Gasteiger partial charge < -0.3 is 33.7 Å². The third-order valence-corrected chi connectivity index (χ3v) is 8.47. The van der Waals surface area contributed by atoms with Crippen LogP contribution in [0.25, 0.3) is 5.70 Å². The van der Waals surface area contributed by atoms with Gasteiger partial charge in [0.15, 0.2) is 13.2 Å². The Morgan fingerprint density at radius 3 is 2.27 bits per heavy atom. The van der Waals surface area contributed by atoms with E-state index < -0.39 is 49.0 Å². The quantitative estimate of drug-likeness (QED) is 0.0750. The number of aromatic nitrogens is 2. The second kappa shape index (κ2) is 20.6. The van der Waals surface area contributed by atoms with Crippen molar-refractivity contribution in [2.45, 2.75) is 52.4 Å². The lowest BCUT2D eigenvalue weighted by atomic mass is 10.0. The van der Waals surface area contributed by atoms with Crippen LogP contribution in [0.5, 0.6) is 5.75 Å². The van der Waals surface area contributed by atoms with Crippen LogP contribution >= 0.6 is 0 Å². The first-order valence-electron chi connectivity index (χ1n) is 18.0. The minimum Gasteiger partial charge on any atom is -0.484 e. The normalized spacial score (nSPS) is 13.2. The Morgan fingerprint density at radius 2 is 1.68 bits per heavy atom. The maximum absolute atomic E-state index is 13.9. The van der Waals surface area contributed by atoms with E-state index in [9.17, 15) is 37.1 Å². The predicted molar refractivity (Wildman–Crippen MR) is 206 cm³/mol. The summed E-state index contributed by atoms with van der Waals surface area (Å²) in [7, 11) is 5.78. The third kappa shape index (κ3) is 13.7. The number of allylic oxidation sites excluding steroid dienone is 2. The molecule has 0 spiro atoms. The Morgan fingerprint density at radius 1 is 1.00 bits per heavy atom. The smallest absolute Gasteiger partial charge is 0.406 e. The first-order chi connectivity index (χ1) is 26.5. The van der Waals surface area contributed by atoms with Crippen LogP contribution in [-0.2, 0) is 25.7 Å². The number of aldehydes is 1. The molecule has 2 aromatic heterocycles. The van der Waals surface area contributed by atoms with Gasteiger partial charge in [0.1, 0.15) is 24.3 Å². The molecule has 1 aliphatic rings. The van der Waals surface area contributed by atoms with Gasteiger partial charge in [0.25, 0.3) is 17.4 Å². The fourth-order valence-corrected chi connectivity index (χ4v) is 5.07. The molecule has 1 aromatic carbocycles. The minimum atomic E-state index is -4.64. The van der Waals surface area contributed by atoms with Gasteiger partial charge in [0, 0.05) is 76.2 Å². The van der Waals surface area contributed by atoms with Gasteiger partial charge in [-0.1, -0.05) is 37.8 Å². The highest BCUT2D eigenvalue weighted by molar-refractivity contribution is 5.78. The van der Waals surface area contributed by atoms with Crippen molar-refractivity contribution < 1.29 is 37.0 Å². The minimum absolute atomic E-state index is 0.0312. The van der Waals surface area contributed by atoms with Gasteiger partial charge >= 0.3 is 6.18 Å². The lowest BCUT2D eigenvalue weighted by molar-refractivity contribution is -0.160. The van der Waals surface area contributed by atoms with Crippen molar-refractivity contribution in [1.82, 2.24) is 24.3 Å². The summed E-state index contributed by atoms with van der Waals surface area (Å²) in [6, 6.07) is 12.8. The molecule has 3 aromatic rings. The molecule has 4 rings (SSSR count). The number of nitrogens with one attached hydrogen (secondary N) is 1. The summed E-state index contributed by atoms with van der Waals surface area (Å²) in [6.07, 6.45) is 1.71. The number of benzene rings is 1. The molecule has 1 atom stereocenters.